The molecule has 1 spiro atoms. The summed E-state index contributed by atoms with van der Waals surface area (Å²) in [5.74, 6) is -1.20. The van der Waals surface area contributed by atoms with Gasteiger partial charge in [0.15, 0.2) is 12.2 Å². The summed E-state index contributed by atoms with van der Waals surface area (Å²) in [7, 11) is 0. The molecule has 1 aromatic heterocycles. The van der Waals surface area contributed by atoms with E-state index >= 15 is 0 Å². The first kappa shape index (κ1) is 18.5. The van der Waals surface area contributed by atoms with E-state index in [4.69, 9.17) is 18.6 Å². The van der Waals surface area contributed by atoms with E-state index in [2.05, 4.69) is 0 Å². The number of furan rings is 1. The Bertz CT molecular complexity index is 900. The zero-order valence-electron chi connectivity index (χ0n) is 16.5. The van der Waals surface area contributed by atoms with E-state index < -0.39 is 29.6 Å². The molecule has 0 unspecified atom stereocenters. The molecule has 3 fully saturated rings. The van der Waals surface area contributed by atoms with Gasteiger partial charge in [0.05, 0.1) is 25.1 Å². The summed E-state index contributed by atoms with van der Waals surface area (Å²) in [4.78, 5) is 37.6. The van der Waals surface area contributed by atoms with Crippen LogP contribution in [-0.4, -0.2) is 30.6 Å². The number of rotatable bonds is 2. The molecule has 1 saturated carbocycles. The highest BCUT2D eigenvalue weighted by molar-refractivity contribution is 5.92. The van der Waals surface area contributed by atoms with Gasteiger partial charge in [0.1, 0.15) is 0 Å². The standard InChI is InChI=1S/C22H24O7/c1-12(23)28-18-17(13-7-9-26-10-13)29-20(25)14-6-8-22-11-27-19(24)15(22)4-3-5-16(22)21(14,18)2/h6-7,9-10,15-18H,3-5,8,11H2,1-2H3/t15-,16+,17-,18+,21-,22+/m0/s1. The molecule has 0 radical (unpaired) electrons. The van der Waals surface area contributed by atoms with Crippen LogP contribution in [0.5, 0.6) is 0 Å². The predicted molar refractivity (Wildman–Crippen MR) is 98.1 cm³/mol. The number of hydrogen-bond acceptors (Lipinski definition) is 7. The molecule has 2 aliphatic heterocycles. The van der Waals surface area contributed by atoms with E-state index in [9.17, 15) is 14.4 Å². The van der Waals surface area contributed by atoms with Gasteiger partial charge in [-0.1, -0.05) is 19.4 Å². The summed E-state index contributed by atoms with van der Waals surface area (Å²) >= 11 is 0. The van der Waals surface area contributed by atoms with Crippen molar-refractivity contribution in [3.8, 4) is 0 Å². The van der Waals surface area contributed by atoms with Gasteiger partial charge in [0.25, 0.3) is 0 Å². The third kappa shape index (κ3) is 2.39. The normalized spacial score (nSPS) is 40.7. The van der Waals surface area contributed by atoms with Crippen LogP contribution >= 0.6 is 0 Å². The van der Waals surface area contributed by atoms with Gasteiger partial charge in [-0.15, -0.1) is 0 Å². The fraction of sp³-hybridized carbons (Fsp3) is 0.591. The third-order valence-electron chi connectivity index (χ3n) is 7.62. The van der Waals surface area contributed by atoms with Crippen molar-refractivity contribution in [2.24, 2.45) is 22.7 Å². The molecular formula is C22H24O7. The zero-order chi connectivity index (χ0) is 20.4. The minimum Gasteiger partial charge on any atom is -0.472 e. The summed E-state index contributed by atoms with van der Waals surface area (Å²) in [6, 6.07) is 1.72. The Morgan fingerprint density at radius 1 is 1.28 bits per heavy atom. The van der Waals surface area contributed by atoms with Gasteiger partial charge in [-0.25, -0.2) is 4.79 Å². The number of fused-ring (bicyclic) bond motifs is 2. The fourth-order valence-electron chi connectivity index (χ4n) is 6.40. The van der Waals surface area contributed by atoms with Crippen molar-refractivity contribution >= 4 is 17.9 Å². The molecule has 29 heavy (non-hydrogen) atoms. The van der Waals surface area contributed by atoms with Crippen LogP contribution < -0.4 is 0 Å². The van der Waals surface area contributed by atoms with Gasteiger partial charge in [-0.2, -0.15) is 0 Å². The molecule has 2 saturated heterocycles. The molecule has 7 heteroatoms. The summed E-state index contributed by atoms with van der Waals surface area (Å²) in [6.45, 7) is 3.69. The number of carbonyl (C=O) groups is 3. The first-order chi connectivity index (χ1) is 13.9. The quantitative estimate of drug-likeness (QED) is 0.556. The fourth-order valence-corrected chi connectivity index (χ4v) is 6.40. The number of cyclic esters (lactones) is 2. The van der Waals surface area contributed by atoms with Gasteiger partial charge in [0.2, 0.25) is 0 Å². The maximum Gasteiger partial charge on any atom is 0.335 e. The first-order valence-corrected chi connectivity index (χ1v) is 10.2. The topological polar surface area (TPSA) is 92.0 Å². The smallest absolute Gasteiger partial charge is 0.335 e. The third-order valence-corrected chi connectivity index (χ3v) is 7.62. The average molecular weight is 400 g/mol. The largest absolute Gasteiger partial charge is 0.472 e. The molecule has 5 rings (SSSR count). The summed E-state index contributed by atoms with van der Waals surface area (Å²) in [6.07, 6.45) is 6.53. The maximum atomic E-state index is 13.0. The summed E-state index contributed by atoms with van der Waals surface area (Å²) in [5.41, 5.74) is 0.0352. The molecule has 0 aromatic carbocycles. The molecule has 0 bridgehead atoms. The van der Waals surface area contributed by atoms with Crippen molar-refractivity contribution < 1.29 is 33.0 Å². The molecule has 3 heterocycles. The summed E-state index contributed by atoms with van der Waals surface area (Å²) < 4.78 is 22.3. The SMILES string of the molecule is CC(=O)O[C@@H]1[C@H](c2ccoc2)OC(=O)C2=CC[C@@]34COC(=O)[C@@H]3CCC[C@@H]4[C@]21C. The van der Waals surface area contributed by atoms with Crippen LogP contribution in [0.1, 0.15) is 51.2 Å². The second kappa shape index (κ2) is 6.21. The minimum absolute atomic E-state index is 0.0354. The van der Waals surface area contributed by atoms with Crippen LogP contribution in [0.25, 0.3) is 0 Å². The Balaban J connectivity index is 1.67. The van der Waals surface area contributed by atoms with Crippen LogP contribution in [0, 0.1) is 22.7 Å². The number of ether oxygens (including phenoxy) is 3. The van der Waals surface area contributed by atoms with Gasteiger partial charge >= 0.3 is 17.9 Å². The highest BCUT2D eigenvalue weighted by Crippen LogP contribution is 2.66. The van der Waals surface area contributed by atoms with Crippen LogP contribution in [0.4, 0.5) is 0 Å². The molecule has 7 nitrogen and oxygen atoms in total. The van der Waals surface area contributed by atoms with Gasteiger partial charge in [0, 0.05) is 28.9 Å². The van der Waals surface area contributed by atoms with Crippen LogP contribution in [0.15, 0.2) is 34.7 Å². The maximum absolute atomic E-state index is 13.0. The van der Waals surface area contributed by atoms with E-state index in [-0.39, 0.29) is 23.2 Å². The lowest BCUT2D eigenvalue weighted by molar-refractivity contribution is -0.202. The van der Waals surface area contributed by atoms with Crippen LogP contribution in [0.3, 0.4) is 0 Å². The second-order valence-corrected chi connectivity index (χ2v) is 8.89. The van der Waals surface area contributed by atoms with Crippen molar-refractivity contribution in [2.75, 3.05) is 6.61 Å². The van der Waals surface area contributed by atoms with E-state index in [0.29, 0.717) is 24.2 Å². The Morgan fingerprint density at radius 2 is 2.10 bits per heavy atom. The molecular weight excluding hydrogens is 376 g/mol. The predicted octanol–water partition coefficient (Wildman–Crippen LogP) is 3.11. The van der Waals surface area contributed by atoms with Crippen LogP contribution in [0.2, 0.25) is 0 Å². The van der Waals surface area contributed by atoms with E-state index in [0.717, 1.165) is 19.3 Å². The molecule has 2 aliphatic carbocycles. The zero-order valence-corrected chi connectivity index (χ0v) is 16.5. The Kier molecular flexibility index (Phi) is 3.95. The van der Waals surface area contributed by atoms with Gasteiger partial charge in [-0.3, -0.25) is 9.59 Å². The Labute approximate surface area is 168 Å². The monoisotopic (exact) mass is 400 g/mol. The lowest BCUT2D eigenvalue weighted by Crippen LogP contribution is -2.61. The number of esters is 3. The van der Waals surface area contributed by atoms with Crippen molar-refractivity contribution in [1.82, 2.24) is 0 Å². The average Bonchev–Trinajstić information content (AvgIpc) is 3.32. The molecule has 4 aliphatic rings. The summed E-state index contributed by atoms with van der Waals surface area (Å²) in [5, 5.41) is 0. The number of hydrogen-bond donors (Lipinski definition) is 0. The molecule has 0 amide bonds. The van der Waals surface area contributed by atoms with Crippen molar-refractivity contribution in [2.45, 2.75) is 51.7 Å². The van der Waals surface area contributed by atoms with E-state index in [1.807, 2.05) is 13.0 Å². The number of allylic oxidation sites excluding steroid dienone is 1. The van der Waals surface area contributed by atoms with Crippen molar-refractivity contribution in [3.05, 3.63) is 35.8 Å². The Morgan fingerprint density at radius 3 is 2.83 bits per heavy atom. The molecule has 154 valence electrons. The Hall–Kier alpha value is -2.57. The second-order valence-electron chi connectivity index (χ2n) is 8.89. The van der Waals surface area contributed by atoms with Crippen LogP contribution in [-0.2, 0) is 28.6 Å². The highest BCUT2D eigenvalue weighted by atomic mass is 16.6. The van der Waals surface area contributed by atoms with E-state index in [1.54, 1.807) is 6.07 Å². The minimum atomic E-state index is -0.784. The lowest BCUT2D eigenvalue weighted by atomic mass is 9.46. The molecule has 0 N–H and O–H groups in total. The van der Waals surface area contributed by atoms with Crippen molar-refractivity contribution in [3.63, 3.8) is 0 Å². The lowest BCUT2D eigenvalue weighted by Gasteiger charge is -2.58. The molecule has 6 atom stereocenters. The highest BCUT2D eigenvalue weighted by Gasteiger charge is 2.68. The first-order valence-electron chi connectivity index (χ1n) is 10.2. The number of carbonyl (C=O) groups excluding carboxylic acids is 3. The molecule has 1 aromatic rings. The van der Waals surface area contributed by atoms with Gasteiger partial charge in [-0.05, 0) is 31.2 Å². The van der Waals surface area contributed by atoms with Crippen molar-refractivity contribution in [1.29, 1.82) is 0 Å². The van der Waals surface area contributed by atoms with E-state index in [1.165, 1.54) is 19.5 Å². The van der Waals surface area contributed by atoms with Gasteiger partial charge < -0.3 is 18.6 Å².